The number of hydrogen-bond acceptors (Lipinski definition) is 12. The molecule has 2 aromatic heterocycles. The molecule has 2 fully saturated rings. The number of hydrogen-bond donors (Lipinski definition) is 4. The van der Waals surface area contributed by atoms with Crippen LogP contribution in [0.25, 0.3) is 11.2 Å². The van der Waals surface area contributed by atoms with Gasteiger partial charge in [-0.25, -0.2) is 14.2 Å². The largest absolute Gasteiger partial charge is 0.575 e. The van der Waals surface area contributed by atoms with Gasteiger partial charge in [-0.2, -0.15) is 9.97 Å². The summed E-state index contributed by atoms with van der Waals surface area (Å²) < 4.78 is 37.8. The lowest BCUT2D eigenvalue weighted by molar-refractivity contribution is -0.169. The van der Waals surface area contributed by atoms with Gasteiger partial charge in [0.15, 0.2) is 40.7 Å². The number of carbonyl (C=O) groups is 1. The van der Waals surface area contributed by atoms with E-state index in [1.807, 2.05) is 0 Å². The molecular formula is C24H29FN7O7P. The number of para-hydroxylation sites is 2. The Bertz CT molecular complexity index is 1430. The van der Waals surface area contributed by atoms with Crippen molar-refractivity contribution in [3.8, 4) is 11.5 Å². The highest BCUT2D eigenvalue weighted by molar-refractivity contribution is 7.34. The number of aliphatic carboxylic acids is 1. The highest BCUT2D eigenvalue weighted by Crippen LogP contribution is 2.43. The van der Waals surface area contributed by atoms with Crippen LogP contribution in [0.4, 0.5) is 16.2 Å². The lowest BCUT2D eigenvalue weighted by Gasteiger charge is -2.27. The molecule has 16 heteroatoms. The van der Waals surface area contributed by atoms with Crippen LogP contribution in [-0.4, -0.2) is 72.3 Å². The lowest BCUT2D eigenvalue weighted by atomic mass is 9.93. The van der Waals surface area contributed by atoms with Gasteiger partial charge in [0, 0.05) is 6.04 Å². The standard InChI is InChI=1S/C24H29FN7O7P/c1-12(21(34)35)31-40(36)39-15-9-4-3-8-14(15)37-10-16-18(33)24(2,25)22(38-16)32-11-27-17-19(28-13-6-5-7-13)29-23(26)30-20(17)32/h3-4,8-9,11-13,16,18,22,33H,5-7,10H2,1-2H3,(H,34,35)(H3,26,28,29,30)/t12-,16+,18+,22+,24+/m0/s1. The summed E-state index contributed by atoms with van der Waals surface area (Å²) in [5, 5.41) is 23.1. The van der Waals surface area contributed by atoms with Crippen molar-refractivity contribution in [2.24, 2.45) is 4.74 Å². The molecule has 1 aliphatic carbocycles. The molecule has 1 unspecified atom stereocenters. The number of carboxylic acid groups (broad SMARTS) is 1. The number of aromatic nitrogens is 4. The van der Waals surface area contributed by atoms with Crippen molar-refractivity contribution < 1.29 is 38.3 Å². The molecule has 40 heavy (non-hydrogen) atoms. The number of aliphatic hydroxyl groups excluding tert-OH is 1. The first-order valence-electron chi connectivity index (χ1n) is 12.6. The van der Waals surface area contributed by atoms with Crippen LogP contribution in [0.15, 0.2) is 35.3 Å². The summed E-state index contributed by atoms with van der Waals surface area (Å²) in [5.74, 6) is -0.683. The number of ether oxygens (including phenoxy) is 2. The average molecular weight is 578 g/mol. The molecule has 0 radical (unpaired) electrons. The maximum Gasteiger partial charge on any atom is 0.395 e. The van der Waals surface area contributed by atoms with Crippen molar-refractivity contribution in [3.05, 3.63) is 30.6 Å². The highest BCUT2D eigenvalue weighted by Gasteiger charge is 2.55. The topological polar surface area (TPSA) is 202 Å². The van der Waals surface area contributed by atoms with Crippen molar-refractivity contribution in [1.82, 2.24) is 19.5 Å². The lowest BCUT2D eigenvalue weighted by Crippen LogP contribution is -2.41. The van der Waals surface area contributed by atoms with Gasteiger partial charge in [0.2, 0.25) is 11.7 Å². The highest BCUT2D eigenvalue weighted by atomic mass is 31.1. The molecular weight excluding hydrogens is 548 g/mol. The average Bonchev–Trinajstić information content (AvgIpc) is 3.38. The summed E-state index contributed by atoms with van der Waals surface area (Å²) in [6, 6.07) is 5.19. The van der Waals surface area contributed by atoms with Crippen molar-refractivity contribution in [1.29, 1.82) is 0 Å². The molecule has 2 aliphatic rings. The van der Waals surface area contributed by atoms with Gasteiger partial charge in [0.25, 0.3) is 0 Å². The van der Waals surface area contributed by atoms with Gasteiger partial charge in [-0.1, -0.05) is 16.9 Å². The molecule has 0 amide bonds. The fourth-order valence-electron chi connectivity index (χ4n) is 4.42. The zero-order valence-electron chi connectivity index (χ0n) is 21.7. The number of anilines is 2. The first-order valence-corrected chi connectivity index (χ1v) is 13.8. The minimum atomic E-state index is -2.71. The predicted octanol–water partition coefficient (Wildman–Crippen LogP) is 2.15. The van der Waals surface area contributed by atoms with Crippen LogP contribution in [0.2, 0.25) is 0 Å². The van der Waals surface area contributed by atoms with Crippen LogP contribution in [0, 0.1) is 0 Å². The maximum atomic E-state index is 16.0. The number of halogens is 1. The molecule has 1 aromatic carbocycles. The molecule has 6 atom stereocenters. The second-order valence-electron chi connectivity index (χ2n) is 9.87. The first-order chi connectivity index (χ1) is 19.0. The Morgan fingerprint density at radius 3 is 2.80 bits per heavy atom. The van der Waals surface area contributed by atoms with Gasteiger partial charge >= 0.3 is 14.1 Å². The predicted molar refractivity (Wildman–Crippen MR) is 139 cm³/mol. The minimum Gasteiger partial charge on any atom is -0.575 e. The smallest absolute Gasteiger partial charge is 0.395 e. The molecule has 14 nitrogen and oxygen atoms in total. The van der Waals surface area contributed by atoms with E-state index in [1.54, 1.807) is 12.1 Å². The number of imidazole rings is 1. The summed E-state index contributed by atoms with van der Waals surface area (Å²) in [7, 11) is -2.71. The number of nitrogens with one attached hydrogen (secondary N) is 1. The number of nitrogen functional groups attached to an aromatic ring is 1. The van der Waals surface area contributed by atoms with Crippen LogP contribution < -0.4 is 25.2 Å². The van der Waals surface area contributed by atoms with Gasteiger partial charge in [-0.3, -0.25) is 9.09 Å². The van der Waals surface area contributed by atoms with Gasteiger partial charge in [0.05, 0.1) is 6.33 Å². The molecule has 0 bridgehead atoms. The van der Waals surface area contributed by atoms with Gasteiger partial charge in [-0.15, -0.1) is 0 Å². The van der Waals surface area contributed by atoms with E-state index in [4.69, 9.17) is 24.8 Å². The van der Waals surface area contributed by atoms with Gasteiger partial charge in [-0.05, 0) is 45.2 Å². The molecule has 3 heterocycles. The Kier molecular flexibility index (Phi) is 7.73. The fourth-order valence-corrected chi connectivity index (χ4v) is 5.17. The fraction of sp³-hybridized carbons (Fsp3) is 0.500. The van der Waals surface area contributed by atoms with E-state index in [-0.39, 0.29) is 35.7 Å². The van der Waals surface area contributed by atoms with Crippen LogP contribution >= 0.6 is 8.17 Å². The molecule has 214 valence electrons. The van der Waals surface area contributed by atoms with Gasteiger partial charge < -0.3 is 35.6 Å². The third-order valence-corrected chi connectivity index (χ3v) is 7.80. The summed E-state index contributed by atoms with van der Waals surface area (Å²) in [5.41, 5.74) is 4.31. The van der Waals surface area contributed by atoms with E-state index in [1.165, 1.54) is 36.9 Å². The Labute approximate surface area is 228 Å². The van der Waals surface area contributed by atoms with Crippen molar-refractivity contribution in [3.63, 3.8) is 0 Å². The second kappa shape index (κ2) is 11.1. The van der Waals surface area contributed by atoms with E-state index < -0.39 is 44.3 Å². The number of nitrogens with two attached hydrogens (primary N) is 1. The Morgan fingerprint density at radius 2 is 2.12 bits per heavy atom. The quantitative estimate of drug-likeness (QED) is 0.256. The van der Waals surface area contributed by atoms with E-state index in [0.717, 1.165) is 19.3 Å². The molecule has 1 aliphatic heterocycles. The third kappa shape index (κ3) is 5.50. The first kappa shape index (κ1) is 27.9. The summed E-state index contributed by atoms with van der Waals surface area (Å²) in [6.45, 7) is 2.17. The van der Waals surface area contributed by atoms with E-state index >= 15 is 4.39 Å². The Balaban J connectivity index is 1.33. The summed E-state index contributed by atoms with van der Waals surface area (Å²) in [6.07, 6.45) is 0.431. The number of carboxylic acids is 1. The summed E-state index contributed by atoms with van der Waals surface area (Å²) >= 11 is 0. The number of alkyl halides is 1. The molecule has 5 N–H and O–H groups in total. The third-order valence-electron chi connectivity index (χ3n) is 6.91. The number of rotatable bonds is 10. The van der Waals surface area contributed by atoms with Crippen LogP contribution in [0.5, 0.6) is 11.5 Å². The molecule has 5 rings (SSSR count). The zero-order valence-corrected chi connectivity index (χ0v) is 22.6. The minimum absolute atomic E-state index is 0.0190. The van der Waals surface area contributed by atoms with E-state index in [0.29, 0.717) is 11.3 Å². The van der Waals surface area contributed by atoms with Crippen LogP contribution in [0.3, 0.4) is 0 Å². The van der Waals surface area contributed by atoms with Crippen LogP contribution in [0.1, 0.15) is 39.3 Å². The SMILES string of the molecule is C[C@H](N=[P+]([O-])Oc1ccccc1OC[C@H]1O[C@@H](n2cnc3c(NC4CCC4)nc(N)nc32)[C@](C)(F)[C@@H]1O)C(=O)O. The van der Waals surface area contributed by atoms with E-state index in [2.05, 4.69) is 25.0 Å². The number of aliphatic hydroxyl groups is 1. The molecule has 0 spiro atoms. The number of benzene rings is 1. The Hall–Kier alpha value is -3.65. The molecule has 1 saturated heterocycles. The van der Waals surface area contributed by atoms with Crippen molar-refractivity contribution >= 4 is 37.1 Å². The Morgan fingerprint density at radius 1 is 1.40 bits per heavy atom. The number of nitrogens with zero attached hydrogens (tertiary/aromatic N) is 5. The van der Waals surface area contributed by atoms with Crippen molar-refractivity contribution in [2.75, 3.05) is 17.7 Å². The molecule has 3 aromatic rings. The summed E-state index contributed by atoms with van der Waals surface area (Å²) in [4.78, 5) is 36.0. The number of fused-ring (bicyclic) bond motifs is 1. The van der Waals surface area contributed by atoms with Gasteiger partial charge in [0.1, 0.15) is 18.8 Å². The normalized spacial score (nSPS) is 25.9. The zero-order chi connectivity index (χ0) is 28.6. The maximum absolute atomic E-state index is 16.0. The van der Waals surface area contributed by atoms with Crippen molar-refractivity contribution in [2.45, 2.75) is 69.3 Å². The second-order valence-corrected chi connectivity index (χ2v) is 10.8. The van der Waals surface area contributed by atoms with Crippen LogP contribution in [-0.2, 0) is 9.53 Å². The monoisotopic (exact) mass is 577 g/mol. The van der Waals surface area contributed by atoms with E-state index in [9.17, 15) is 14.8 Å². The molecule has 1 saturated carbocycles.